The molecule has 6 nitrogen and oxygen atoms in total. The summed E-state index contributed by atoms with van der Waals surface area (Å²) in [5.41, 5.74) is 5.90. The van der Waals surface area contributed by atoms with Crippen LogP contribution in [-0.2, 0) is 4.79 Å². The number of hydrogen-bond donors (Lipinski definition) is 3. The van der Waals surface area contributed by atoms with Gasteiger partial charge in [0.15, 0.2) is 0 Å². The Labute approximate surface area is 147 Å². The van der Waals surface area contributed by atoms with E-state index < -0.39 is 17.4 Å². The van der Waals surface area contributed by atoms with E-state index in [1.807, 2.05) is 20.8 Å². The van der Waals surface area contributed by atoms with Gasteiger partial charge in [-0.05, 0) is 42.0 Å². The van der Waals surface area contributed by atoms with Gasteiger partial charge >= 0.3 is 6.03 Å². The first-order valence-electron chi connectivity index (χ1n) is 8.51. The third-order valence-electron chi connectivity index (χ3n) is 4.45. The second-order valence-corrected chi connectivity index (χ2v) is 7.63. The Morgan fingerprint density at radius 2 is 1.96 bits per heavy atom. The van der Waals surface area contributed by atoms with Gasteiger partial charge in [0.1, 0.15) is 11.9 Å². The van der Waals surface area contributed by atoms with Crippen molar-refractivity contribution >= 4 is 17.6 Å². The van der Waals surface area contributed by atoms with E-state index in [1.54, 1.807) is 12.1 Å². The van der Waals surface area contributed by atoms with E-state index in [-0.39, 0.29) is 11.8 Å². The van der Waals surface area contributed by atoms with Gasteiger partial charge in [0.2, 0.25) is 5.91 Å². The first kappa shape index (κ1) is 19.0. The van der Waals surface area contributed by atoms with Gasteiger partial charge in [-0.25, -0.2) is 9.18 Å². The van der Waals surface area contributed by atoms with Gasteiger partial charge in [0.25, 0.3) is 0 Å². The zero-order valence-electron chi connectivity index (χ0n) is 15.0. The van der Waals surface area contributed by atoms with Crippen molar-refractivity contribution in [2.24, 2.45) is 17.1 Å². The highest BCUT2D eigenvalue weighted by Gasteiger charge is 2.31. The molecule has 1 fully saturated rings. The summed E-state index contributed by atoms with van der Waals surface area (Å²) < 4.78 is 13.0. The SMILES string of the molecule is CC(C)(C)[C@H](NC(=O)NCC1CCN(c2ccc(F)cc2)C1)C(N)=O. The lowest BCUT2D eigenvalue weighted by Gasteiger charge is -2.28. The Hall–Kier alpha value is -2.31. The smallest absolute Gasteiger partial charge is 0.315 e. The summed E-state index contributed by atoms with van der Waals surface area (Å²) in [4.78, 5) is 25.7. The molecule has 1 aromatic carbocycles. The highest BCUT2D eigenvalue weighted by molar-refractivity contribution is 5.86. The number of nitrogens with two attached hydrogens (primary N) is 1. The van der Waals surface area contributed by atoms with Crippen LogP contribution in [0.3, 0.4) is 0 Å². The Morgan fingerprint density at radius 1 is 1.32 bits per heavy atom. The van der Waals surface area contributed by atoms with Crippen molar-refractivity contribution in [3.05, 3.63) is 30.1 Å². The minimum Gasteiger partial charge on any atom is -0.371 e. The molecule has 3 amide bonds. The van der Waals surface area contributed by atoms with Crippen molar-refractivity contribution in [3.63, 3.8) is 0 Å². The number of carbonyl (C=O) groups is 2. The molecular formula is C18H27FN4O2. The van der Waals surface area contributed by atoms with Crippen LogP contribution in [0.2, 0.25) is 0 Å². The molecule has 0 aliphatic carbocycles. The Bertz CT molecular complexity index is 612. The third-order valence-corrected chi connectivity index (χ3v) is 4.45. The van der Waals surface area contributed by atoms with Gasteiger partial charge in [0.05, 0.1) is 0 Å². The molecule has 2 atom stereocenters. The molecule has 1 saturated heterocycles. The molecule has 1 aliphatic rings. The summed E-state index contributed by atoms with van der Waals surface area (Å²) in [5.74, 6) is -0.496. The molecule has 1 unspecified atom stereocenters. The Morgan fingerprint density at radius 3 is 2.52 bits per heavy atom. The second kappa shape index (κ2) is 7.72. The number of nitrogens with one attached hydrogen (secondary N) is 2. The second-order valence-electron chi connectivity index (χ2n) is 7.63. The quantitative estimate of drug-likeness (QED) is 0.757. The van der Waals surface area contributed by atoms with E-state index in [0.717, 1.165) is 25.2 Å². The molecule has 0 saturated carbocycles. The molecule has 1 aromatic rings. The van der Waals surface area contributed by atoms with Crippen LogP contribution in [0.15, 0.2) is 24.3 Å². The molecule has 0 radical (unpaired) electrons. The number of amides is 3. The molecule has 1 heterocycles. The minimum atomic E-state index is -0.730. The number of halogens is 1. The van der Waals surface area contributed by atoms with E-state index in [4.69, 9.17) is 5.73 Å². The van der Waals surface area contributed by atoms with Gasteiger partial charge in [0, 0.05) is 25.3 Å². The number of carbonyl (C=O) groups excluding carboxylic acids is 2. The van der Waals surface area contributed by atoms with Gasteiger partial charge < -0.3 is 21.3 Å². The summed E-state index contributed by atoms with van der Waals surface area (Å²) in [6, 6.07) is 5.30. The standard InChI is InChI=1S/C18H27FN4O2/c1-18(2,3)15(16(20)24)22-17(25)21-10-12-8-9-23(11-12)14-6-4-13(19)5-7-14/h4-7,12,15H,8-11H2,1-3H3,(H2,20,24)(H2,21,22,25)/t12?,15-/m1/s1. The number of nitrogens with zero attached hydrogens (tertiary/aromatic N) is 1. The predicted octanol–water partition coefficient (Wildman–Crippen LogP) is 1.85. The zero-order valence-corrected chi connectivity index (χ0v) is 15.0. The lowest BCUT2D eigenvalue weighted by atomic mass is 9.86. The van der Waals surface area contributed by atoms with Crippen molar-refractivity contribution in [3.8, 4) is 0 Å². The molecular weight excluding hydrogens is 323 g/mol. The Kier molecular flexibility index (Phi) is 5.87. The van der Waals surface area contributed by atoms with Gasteiger partial charge in [-0.1, -0.05) is 20.8 Å². The minimum absolute atomic E-state index is 0.249. The summed E-state index contributed by atoms with van der Waals surface area (Å²) in [6.45, 7) is 7.72. The molecule has 0 spiro atoms. The maximum Gasteiger partial charge on any atom is 0.315 e. The Balaban J connectivity index is 1.81. The van der Waals surface area contributed by atoms with Crippen molar-refractivity contribution in [2.45, 2.75) is 33.2 Å². The van der Waals surface area contributed by atoms with Gasteiger partial charge in [-0.2, -0.15) is 0 Å². The molecule has 138 valence electrons. The topological polar surface area (TPSA) is 87.5 Å². The average Bonchev–Trinajstić information content (AvgIpc) is 2.99. The monoisotopic (exact) mass is 350 g/mol. The van der Waals surface area contributed by atoms with E-state index in [0.29, 0.717) is 12.5 Å². The summed E-state index contributed by atoms with van der Waals surface area (Å²) in [6.07, 6.45) is 0.941. The molecule has 2 rings (SSSR count). The van der Waals surface area contributed by atoms with Crippen LogP contribution in [-0.4, -0.2) is 37.6 Å². The fourth-order valence-corrected chi connectivity index (χ4v) is 3.02. The lowest BCUT2D eigenvalue weighted by molar-refractivity contribution is -0.122. The summed E-state index contributed by atoms with van der Waals surface area (Å²) in [5, 5.41) is 5.47. The van der Waals surface area contributed by atoms with E-state index in [1.165, 1.54) is 12.1 Å². The highest BCUT2D eigenvalue weighted by atomic mass is 19.1. The maximum atomic E-state index is 13.0. The largest absolute Gasteiger partial charge is 0.371 e. The van der Waals surface area contributed by atoms with Crippen molar-refractivity contribution in [1.82, 2.24) is 10.6 Å². The van der Waals surface area contributed by atoms with E-state index in [2.05, 4.69) is 15.5 Å². The van der Waals surface area contributed by atoms with Crippen LogP contribution in [0.25, 0.3) is 0 Å². The van der Waals surface area contributed by atoms with Gasteiger partial charge in [-0.15, -0.1) is 0 Å². The number of anilines is 1. The lowest BCUT2D eigenvalue weighted by Crippen LogP contribution is -2.55. The van der Waals surface area contributed by atoms with Crippen LogP contribution in [0, 0.1) is 17.2 Å². The first-order valence-corrected chi connectivity index (χ1v) is 8.51. The van der Waals surface area contributed by atoms with Crippen molar-refractivity contribution < 1.29 is 14.0 Å². The molecule has 0 aromatic heterocycles. The number of primary amides is 1. The van der Waals surface area contributed by atoms with Crippen LogP contribution in [0.5, 0.6) is 0 Å². The highest BCUT2D eigenvalue weighted by Crippen LogP contribution is 2.23. The van der Waals surface area contributed by atoms with Crippen molar-refractivity contribution in [1.29, 1.82) is 0 Å². The fourth-order valence-electron chi connectivity index (χ4n) is 3.02. The number of rotatable bonds is 5. The third kappa shape index (κ3) is 5.34. The van der Waals surface area contributed by atoms with E-state index >= 15 is 0 Å². The molecule has 1 aliphatic heterocycles. The van der Waals surface area contributed by atoms with Crippen molar-refractivity contribution in [2.75, 3.05) is 24.5 Å². The summed E-state index contributed by atoms with van der Waals surface area (Å²) >= 11 is 0. The van der Waals surface area contributed by atoms with Gasteiger partial charge in [-0.3, -0.25) is 4.79 Å². The number of benzene rings is 1. The summed E-state index contributed by atoms with van der Waals surface area (Å²) in [7, 11) is 0. The van der Waals surface area contributed by atoms with Crippen LogP contribution < -0.4 is 21.3 Å². The number of urea groups is 1. The van der Waals surface area contributed by atoms with Crippen LogP contribution in [0.4, 0.5) is 14.9 Å². The normalized spacial score (nSPS) is 18.7. The molecule has 7 heteroatoms. The van der Waals surface area contributed by atoms with E-state index in [9.17, 15) is 14.0 Å². The molecule has 0 bridgehead atoms. The van der Waals surface area contributed by atoms with Crippen LogP contribution in [0.1, 0.15) is 27.2 Å². The number of hydrogen-bond acceptors (Lipinski definition) is 3. The first-order chi connectivity index (χ1) is 11.7. The molecule has 4 N–H and O–H groups in total. The molecule has 25 heavy (non-hydrogen) atoms. The predicted molar refractivity (Wildman–Crippen MR) is 95.7 cm³/mol. The zero-order chi connectivity index (χ0) is 18.6. The van der Waals surface area contributed by atoms with Crippen LogP contribution >= 0.6 is 0 Å². The average molecular weight is 350 g/mol. The maximum absolute atomic E-state index is 13.0. The fraction of sp³-hybridized carbons (Fsp3) is 0.556.